The summed E-state index contributed by atoms with van der Waals surface area (Å²) in [5.41, 5.74) is 3.14. The molecule has 3 aromatic rings. The first-order valence-electron chi connectivity index (χ1n) is 9.18. The van der Waals surface area contributed by atoms with Gasteiger partial charge in [-0.25, -0.2) is 0 Å². The van der Waals surface area contributed by atoms with E-state index >= 15 is 0 Å². The standard InChI is InChI=1S/C22H19NO4S/c1-23(12-14-6-7-18-19(10-14)26-9-8-25-18)22(24)20-11-15-13-27-17-5-3-2-4-16(17)21(15)28-20/h2-7,10-11H,8-9,12-13H2,1H3. The van der Waals surface area contributed by atoms with Crippen molar-refractivity contribution < 1.29 is 19.0 Å². The molecule has 2 aliphatic rings. The lowest BCUT2D eigenvalue weighted by Crippen LogP contribution is -2.25. The molecule has 3 heterocycles. The quantitative estimate of drug-likeness (QED) is 0.664. The highest BCUT2D eigenvalue weighted by molar-refractivity contribution is 7.17. The van der Waals surface area contributed by atoms with E-state index in [4.69, 9.17) is 14.2 Å². The van der Waals surface area contributed by atoms with Crippen molar-refractivity contribution in [2.24, 2.45) is 0 Å². The second-order valence-electron chi connectivity index (χ2n) is 6.89. The van der Waals surface area contributed by atoms with Gasteiger partial charge in [-0.3, -0.25) is 4.79 Å². The van der Waals surface area contributed by atoms with Crippen LogP contribution in [-0.2, 0) is 13.2 Å². The van der Waals surface area contributed by atoms with Crippen LogP contribution in [0.15, 0.2) is 48.5 Å². The van der Waals surface area contributed by atoms with E-state index in [2.05, 4.69) is 0 Å². The van der Waals surface area contributed by atoms with Crippen LogP contribution in [0.2, 0.25) is 0 Å². The monoisotopic (exact) mass is 393 g/mol. The molecule has 142 valence electrons. The number of rotatable bonds is 3. The molecule has 6 heteroatoms. The van der Waals surface area contributed by atoms with Gasteiger partial charge < -0.3 is 19.1 Å². The molecule has 5 rings (SSSR count). The van der Waals surface area contributed by atoms with Crippen molar-refractivity contribution in [1.82, 2.24) is 4.90 Å². The third kappa shape index (κ3) is 2.99. The molecule has 0 aliphatic carbocycles. The lowest BCUT2D eigenvalue weighted by atomic mass is 10.1. The summed E-state index contributed by atoms with van der Waals surface area (Å²) in [6.45, 7) is 2.13. The van der Waals surface area contributed by atoms with Gasteiger partial charge in [-0.05, 0) is 35.9 Å². The van der Waals surface area contributed by atoms with E-state index in [1.54, 1.807) is 4.90 Å². The van der Waals surface area contributed by atoms with Gasteiger partial charge in [0.15, 0.2) is 11.5 Å². The maximum atomic E-state index is 13.0. The Kier molecular flexibility index (Phi) is 4.20. The zero-order valence-corrected chi connectivity index (χ0v) is 16.3. The largest absolute Gasteiger partial charge is 0.488 e. The van der Waals surface area contributed by atoms with Gasteiger partial charge in [0.25, 0.3) is 5.91 Å². The predicted octanol–water partition coefficient (Wildman–Crippen LogP) is 4.35. The molecule has 0 saturated heterocycles. The van der Waals surface area contributed by atoms with Gasteiger partial charge in [0.05, 0.1) is 4.88 Å². The summed E-state index contributed by atoms with van der Waals surface area (Å²) in [4.78, 5) is 16.6. The third-order valence-corrected chi connectivity index (χ3v) is 6.11. The maximum Gasteiger partial charge on any atom is 0.263 e. The lowest BCUT2D eigenvalue weighted by molar-refractivity contribution is 0.0789. The average Bonchev–Trinajstić information content (AvgIpc) is 3.18. The van der Waals surface area contributed by atoms with Gasteiger partial charge in [-0.1, -0.05) is 18.2 Å². The SMILES string of the molecule is CN(Cc1ccc2c(c1)OCCO2)C(=O)c1cc2c(s1)-c1ccccc1OC2. The average molecular weight is 393 g/mol. The third-order valence-electron chi connectivity index (χ3n) is 4.91. The first kappa shape index (κ1) is 17.1. The molecule has 28 heavy (non-hydrogen) atoms. The van der Waals surface area contributed by atoms with Gasteiger partial charge >= 0.3 is 0 Å². The summed E-state index contributed by atoms with van der Waals surface area (Å²) in [6.07, 6.45) is 0. The topological polar surface area (TPSA) is 48.0 Å². The van der Waals surface area contributed by atoms with Crippen molar-refractivity contribution in [3.63, 3.8) is 0 Å². The highest BCUT2D eigenvalue weighted by Crippen LogP contribution is 2.42. The summed E-state index contributed by atoms with van der Waals surface area (Å²) >= 11 is 1.53. The minimum atomic E-state index is 0.00627. The van der Waals surface area contributed by atoms with Crippen molar-refractivity contribution in [3.05, 3.63) is 64.5 Å². The highest BCUT2D eigenvalue weighted by Gasteiger charge is 2.24. The number of fused-ring (bicyclic) bond motifs is 4. The van der Waals surface area contributed by atoms with E-state index in [0.717, 1.165) is 43.7 Å². The second kappa shape index (κ2) is 6.87. The van der Waals surface area contributed by atoms with Crippen LogP contribution < -0.4 is 14.2 Å². The Morgan fingerprint density at radius 1 is 1.00 bits per heavy atom. The van der Waals surface area contributed by atoms with Crippen LogP contribution in [0, 0.1) is 0 Å². The van der Waals surface area contributed by atoms with Crippen LogP contribution in [-0.4, -0.2) is 31.1 Å². The van der Waals surface area contributed by atoms with Crippen LogP contribution in [0.4, 0.5) is 0 Å². The van der Waals surface area contributed by atoms with E-state index in [-0.39, 0.29) is 5.91 Å². The molecule has 2 aliphatic heterocycles. The number of benzene rings is 2. The molecular weight excluding hydrogens is 374 g/mol. The first-order valence-corrected chi connectivity index (χ1v) is 9.99. The number of nitrogens with zero attached hydrogens (tertiary/aromatic N) is 1. The minimum absolute atomic E-state index is 0.00627. The fourth-order valence-corrected chi connectivity index (χ4v) is 4.72. The van der Waals surface area contributed by atoms with Crippen LogP contribution in [0.5, 0.6) is 17.2 Å². The fraction of sp³-hybridized carbons (Fsp3) is 0.227. The fourth-order valence-electron chi connectivity index (χ4n) is 3.52. The van der Waals surface area contributed by atoms with E-state index in [0.29, 0.717) is 26.4 Å². The number of carbonyl (C=O) groups excluding carboxylic acids is 1. The van der Waals surface area contributed by atoms with Crippen LogP contribution in [0.25, 0.3) is 10.4 Å². The normalized spacial score (nSPS) is 13.9. The first-order chi connectivity index (χ1) is 13.7. The maximum absolute atomic E-state index is 13.0. The Labute approximate surface area is 167 Å². The van der Waals surface area contributed by atoms with Crippen LogP contribution >= 0.6 is 11.3 Å². The van der Waals surface area contributed by atoms with E-state index in [1.807, 2.05) is 55.6 Å². The highest BCUT2D eigenvalue weighted by atomic mass is 32.1. The molecule has 0 unspecified atom stereocenters. The predicted molar refractivity (Wildman–Crippen MR) is 107 cm³/mol. The van der Waals surface area contributed by atoms with Crippen molar-refractivity contribution in [2.45, 2.75) is 13.2 Å². The van der Waals surface area contributed by atoms with E-state index in [1.165, 1.54) is 11.3 Å². The number of amides is 1. The molecule has 0 N–H and O–H groups in total. The van der Waals surface area contributed by atoms with Gasteiger partial charge in [-0.2, -0.15) is 0 Å². The number of para-hydroxylation sites is 1. The minimum Gasteiger partial charge on any atom is -0.488 e. The Morgan fingerprint density at radius 3 is 2.71 bits per heavy atom. The zero-order valence-electron chi connectivity index (χ0n) is 15.4. The number of hydrogen-bond donors (Lipinski definition) is 0. The molecular formula is C22H19NO4S. The van der Waals surface area contributed by atoms with Gasteiger partial charge in [0.2, 0.25) is 0 Å². The Morgan fingerprint density at radius 2 is 1.82 bits per heavy atom. The van der Waals surface area contributed by atoms with Gasteiger partial charge in [0, 0.05) is 29.6 Å². The molecule has 0 saturated carbocycles. The zero-order chi connectivity index (χ0) is 19.1. The summed E-state index contributed by atoms with van der Waals surface area (Å²) in [5, 5.41) is 0. The molecule has 0 fully saturated rings. The molecule has 0 radical (unpaired) electrons. The molecule has 1 amide bonds. The van der Waals surface area contributed by atoms with Crippen LogP contribution in [0.1, 0.15) is 20.8 Å². The van der Waals surface area contributed by atoms with Crippen LogP contribution in [0.3, 0.4) is 0 Å². The van der Waals surface area contributed by atoms with Crippen molar-refractivity contribution in [3.8, 4) is 27.7 Å². The summed E-state index contributed by atoms with van der Waals surface area (Å²) in [6, 6.07) is 15.7. The summed E-state index contributed by atoms with van der Waals surface area (Å²) in [5.74, 6) is 2.38. The van der Waals surface area contributed by atoms with Crippen molar-refractivity contribution in [2.75, 3.05) is 20.3 Å². The molecule has 5 nitrogen and oxygen atoms in total. The van der Waals surface area contributed by atoms with Gasteiger partial charge in [0.1, 0.15) is 25.6 Å². The lowest BCUT2D eigenvalue weighted by Gasteiger charge is -2.21. The molecule has 2 aromatic carbocycles. The second-order valence-corrected chi connectivity index (χ2v) is 7.94. The molecule has 0 bridgehead atoms. The summed E-state index contributed by atoms with van der Waals surface area (Å²) < 4.78 is 17.0. The molecule has 0 spiro atoms. The van der Waals surface area contributed by atoms with Crippen molar-refractivity contribution >= 4 is 17.2 Å². The number of hydrogen-bond acceptors (Lipinski definition) is 5. The Balaban J connectivity index is 1.37. The number of carbonyl (C=O) groups is 1. The van der Waals surface area contributed by atoms with Gasteiger partial charge in [-0.15, -0.1) is 11.3 Å². The van der Waals surface area contributed by atoms with Crippen molar-refractivity contribution in [1.29, 1.82) is 0 Å². The summed E-state index contributed by atoms with van der Waals surface area (Å²) in [7, 11) is 1.82. The Hall–Kier alpha value is -2.99. The number of thiophene rings is 1. The number of ether oxygens (including phenoxy) is 3. The van der Waals surface area contributed by atoms with E-state index in [9.17, 15) is 4.79 Å². The molecule has 0 atom stereocenters. The smallest absolute Gasteiger partial charge is 0.263 e. The molecule has 1 aromatic heterocycles. The van der Waals surface area contributed by atoms with E-state index < -0.39 is 0 Å². The Bertz CT molecular complexity index is 1060.